The number of alkyl halides is 1. The van der Waals surface area contributed by atoms with E-state index in [-0.39, 0.29) is 0 Å². The fourth-order valence-electron chi connectivity index (χ4n) is 2.16. The van der Waals surface area contributed by atoms with Crippen molar-refractivity contribution >= 4 is 51.3 Å². The van der Waals surface area contributed by atoms with Gasteiger partial charge >= 0.3 is 0 Å². The Balaban J connectivity index is 1.97. The summed E-state index contributed by atoms with van der Waals surface area (Å²) in [4.78, 5) is 8.63. The van der Waals surface area contributed by atoms with Crippen LogP contribution in [0, 0.1) is 0 Å². The highest BCUT2D eigenvalue weighted by Crippen LogP contribution is 2.26. The lowest BCUT2D eigenvalue weighted by Crippen LogP contribution is -2.02. The minimum Gasteiger partial charge on any atom is -0.384 e. The van der Waals surface area contributed by atoms with Gasteiger partial charge in [0.2, 0.25) is 0 Å². The Labute approximate surface area is 138 Å². The molecule has 0 aliphatic carbocycles. The monoisotopic (exact) mass is 332 g/mol. The van der Waals surface area contributed by atoms with Gasteiger partial charge in [-0.1, -0.05) is 17.7 Å². The number of anilines is 3. The summed E-state index contributed by atoms with van der Waals surface area (Å²) in [5, 5.41) is 8.14. The Morgan fingerprint density at radius 2 is 1.91 bits per heavy atom. The van der Waals surface area contributed by atoms with Gasteiger partial charge in [0.1, 0.15) is 12.1 Å². The van der Waals surface area contributed by atoms with Crippen LogP contribution in [0.4, 0.5) is 17.2 Å². The number of nitrogens with zero attached hydrogens (tertiary/aromatic N) is 2. The largest absolute Gasteiger partial charge is 0.384 e. The average Bonchev–Trinajstić information content (AvgIpc) is 2.53. The molecule has 0 saturated carbocycles. The molecule has 0 radical (unpaired) electrons. The van der Waals surface area contributed by atoms with Crippen molar-refractivity contribution in [3.8, 4) is 0 Å². The van der Waals surface area contributed by atoms with Crippen LogP contribution in [0.2, 0.25) is 5.02 Å². The van der Waals surface area contributed by atoms with Crippen LogP contribution < -0.4 is 10.6 Å². The lowest BCUT2D eigenvalue weighted by Gasteiger charge is -2.10. The third kappa shape index (κ3) is 3.40. The van der Waals surface area contributed by atoms with E-state index in [0.717, 1.165) is 28.1 Å². The first kappa shape index (κ1) is 14.9. The van der Waals surface area contributed by atoms with Crippen LogP contribution in [-0.4, -0.2) is 22.4 Å². The summed E-state index contributed by atoms with van der Waals surface area (Å²) in [7, 11) is 0. The fraction of sp³-hybridized carbons (Fsp3) is 0.125. The van der Waals surface area contributed by atoms with Gasteiger partial charge < -0.3 is 10.6 Å². The van der Waals surface area contributed by atoms with Crippen molar-refractivity contribution in [2.45, 2.75) is 0 Å². The Morgan fingerprint density at radius 1 is 1.00 bits per heavy atom. The summed E-state index contributed by atoms with van der Waals surface area (Å²) in [5.74, 6) is 1.29. The standard InChI is InChI=1S/C16H14Cl2N4/c17-6-7-19-12-4-5-15-14(9-12)16(21-10-20-15)22-13-3-1-2-11(18)8-13/h1-5,8-10,19H,6-7H2,(H,20,21,22). The van der Waals surface area contributed by atoms with Gasteiger partial charge in [-0.15, -0.1) is 11.6 Å². The van der Waals surface area contributed by atoms with Gasteiger partial charge in [0.05, 0.1) is 5.52 Å². The highest BCUT2D eigenvalue weighted by Gasteiger charge is 2.05. The summed E-state index contributed by atoms with van der Waals surface area (Å²) < 4.78 is 0. The molecule has 1 aromatic heterocycles. The Bertz CT molecular complexity index is 792. The molecule has 0 unspecified atom stereocenters. The highest BCUT2D eigenvalue weighted by atomic mass is 35.5. The molecule has 4 nitrogen and oxygen atoms in total. The zero-order valence-electron chi connectivity index (χ0n) is 11.7. The minimum absolute atomic E-state index is 0.553. The van der Waals surface area contributed by atoms with E-state index in [1.807, 2.05) is 42.5 Å². The molecule has 2 aromatic carbocycles. The number of hydrogen-bond donors (Lipinski definition) is 2. The summed E-state index contributed by atoms with van der Waals surface area (Å²) in [6.07, 6.45) is 1.54. The smallest absolute Gasteiger partial charge is 0.141 e. The van der Waals surface area contributed by atoms with Gasteiger partial charge in [0, 0.05) is 34.2 Å². The third-order valence-electron chi connectivity index (χ3n) is 3.15. The fourth-order valence-corrected chi connectivity index (χ4v) is 2.45. The zero-order chi connectivity index (χ0) is 15.4. The van der Waals surface area contributed by atoms with Crippen LogP contribution in [0.15, 0.2) is 48.8 Å². The molecule has 0 amide bonds. The molecular weight excluding hydrogens is 319 g/mol. The van der Waals surface area contributed by atoms with E-state index in [9.17, 15) is 0 Å². The number of rotatable bonds is 5. The van der Waals surface area contributed by atoms with E-state index in [4.69, 9.17) is 23.2 Å². The molecule has 0 spiro atoms. The van der Waals surface area contributed by atoms with Crippen molar-refractivity contribution in [3.63, 3.8) is 0 Å². The van der Waals surface area contributed by atoms with Crippen LogP contribution in [0.25, 0.3) is 10.9 Å². The molecule has 0 fully saturated rings. The van der Waals surface area contributed by atoms with E-state index in [1.165, 1.54) is 0 Å². The van der Waals surface area contributed by atoms with E-state index < -0.39 is 0 Å². The van der Waals surface area contributed by atoms with E-state index in [1.54, 1.807) is 6.33 Å². The lowest BCUT2D eigenvalue weighted by atomic mass is 10.2. The summed E-state index contributed by atoms with van der Waals surface area (Å²) in [6.45, 7) is 0.706. The molecule has 112 valence electrons. The van der Waals surface area contributed by atoms with Gasteiger partial charge in [-0.05, 0) is 36.4 Å². The first-order valence-corrected chi connectivity index (χ1v) is 7.75. The zero-order valence-corrected chi connectivity index (χ0v) is 13.2. The normalized spacial score (nSPS) is 10.6. The second-order valence-corrected chi connectivity index (χ2v) is 5.52. The maximum atomic E-state index is 6.02. The molecule has 2 N–H and O–H groups in total. The number of halogens is 2. The molecule has 3 aromatic rings. The third-order valence-corrected chi connectivity index (χ3v) is 3.57. The molecule has 0 bridgehead atoms. The van der Waals surface area contributed by atoms with E-state index in [0.29, 0.717) is 17.4 Å². The predicted octanol–water partition coefficient (Wildman–Crippen LogP) is 4.68. The summed E-state index contributed by atoms with van der Waals surface area (Å²) in [6, 6.07) is 13.5. The van der Waals surface area contributed by atoms with Crippen LogP contribution in [0.3, 0.4) is 0 Å². The van der Waals surface area contributed by atoms with Gasteiger partial charge in [0.25, 0.3) is 0 Å². The van der Waals surface area contributed by atoms with Crippen molar-refractivity contribution in [1.82, 2.24) is 9.97 Å². The first-order valence-electron chi connectivity index (χ1n) is 6.83. The average molecular weight is 333 g/mol. The van der Waals surface area contributed by atoms with Crippen LogP contribution in [-0.2, 0) is 0 Å². The van der Waals surface area contributed by atoms with Crippen molar-refractivity contribution in [2.24, 2.45) is 0 Å². The van der Waals surface area contributed by atoms with Crippen LogP contribution in [0.1, 0.15) is 0 Å². The molecule has 1 heterocycles. The van der Waals surface area contributed by atoms with Crippen molar-refractivity contribution in [1.29, 1.82) is 0 Å². The van der Waals surface area contributed by atoms with Gasteiger partial charge in [-0.3, -0.25) is 0 Å². The van der Waals surface area contributed by atoms with E-state index >= 15 is 0 Å². The molecule has 3 rings (SSSR count). The van der Waals surface area contributed by atoms with Gasteiger partial charge in [-0.2, -0.15) is 0 Å². The maximum Gasteiger partial charge on any atom is 0.141 e. The van der Waals surface area contributed by atoms with E-state index in [2.05, 4.69) is 20.6 Å². The number of aromatic nitrogens is 2. The molecule has 0 aliphatic rings. The van der Waals surface area contributed by atoms with Crippen molar-refractivity contribution in [3.05, 3.63) is 53.8 Å². The van der Waals surface area contributed by atoms with Crippen LogP contribution >= 0.6 is 23.2 Å². The second kappa shape index (κ2) is 6.81. The molecule has 22 heavy (non-hydrogen) atoms. The van der Waals surface area contributed by atoms with Gasteiger partial charge in [0.15, 0.2) is 0 Å². The topological polar surface area (TPSA) is 49.8 Å². The number of nitrogens with one attached hydrogen (secondary N) is 2. The molecule has 0 atom stereocenters. The predicted molar refractivity (Wildman–Crippen MR) is 93.5 cm³/mol. The molecular formula is C16H14Cl2N4. The summed E-state index contributed by atoms with van der Waals surface area (Å²) in [5.41, 5.74) is 2.74. The first-order chi connectivity index (χ1) is 10.8. The van der Waals surface area contributed by atoms with Gasteiger partial charge in [-0.25, -0.2) is 9.97 Å². The molecule has 0 saturated heterocycles. The highest BCUT2D eigenvalue weighted by molar-refractivity contribution is 6.30. The Morgan fingerprint density at radius 3 is 2.73 bits per heavy atom. The van der Waals surface area contributed by atoms with Crippen molar-refractivity contribution in [2.75, 3.05) is 23.1 Å². The number of hydrogen-bond acceptors (Lipinski definition) is 4. The lowest BCUT2D eigenvalue weighted by molar-refractivity contribution is 1.21. The Kier molecular flexibility index (Phi) is 4.61. The SMILES string of the molecule is ClCCNc1ccc2ncnc(Nc3cccc(Cl)c3)c2c1. The molecule has 0 aliphatic heterocycles. The van der Waals surface area contributed by atoms with Crippen LogP contribution in [0.5, 0.6) is 0 Å². The maximum absolute atomic E-state index is 6.02. The Hall–Kier alpha value is -2.04. The molecule has 6 heteroatoms. The quantitative estimate of drug-likeness (QED) is 0.666. The number of benzene rings is 2. The minimum atomic E-state index is 0.553. The summed E-state index contributed by atoms with van der Waals surface area (Å²) >= 11 is 11.7. The van der Waals surface area contributed by atoms with Crippen molar-refractivity contribution < 1.29 is 0 Å². The number of fused-ring (bicyclic) bond motifs is 1. The second-order valence-electron chi connectivity index (χ2n) is 4.71.